The number of primary sulfonamides is 1. The van der Waals surface area contributed by atoms with E-state index in [1.165, 1.54) is 6.07 Å². The van der Waals surface area contributed by atoms with Crippen LogP contribution in [-0.4, -0.2) is 32.2 Å². The molecule has 0 bridgehead atoms. The summed E-state index contributed by atoms with van der Waals surface area (Å²) in [6.45, 7) is 3.05. The predicted octanol–water partition coefficient (Wildman–Crippen LogP) is 0.685. The third kappa shape index (κ3) is 2.82. The van der Waals surface area contributed by atoms with Crippen molar-refractivity contribution in [2.75, 3.05) is 18.0 Å². The number of aliphatic hydroxyl groups is 1. The van der Waals surface area contributed by atoms with Gasteiger partial charge in [-0.3, -0.25) is 0 Å². The standard InChI is InChI=1S/C12H18N2O3S/c1-12(15)6-8-14(9-7-12)10-4-2-3-5-11(10)18(13,16)17/h2-5,15H,6-9H2,1H3,(H2,13,16,17). The minimum Gasteiger partial charge on any atom is -0.390 e. The SMILES string of the molecule is CC1(O)CCN(c2ccccc2S(N)(=O)=O)CC1. The molecule has 0 aliphatic carbocycles. The van der Waals surface area contributed by atoms with Gasteiger partial charge in [0.2, 0.25) is 10.0 Å². The Morgan fingerprint density at radius 2 is 1.83 bits per heavy atom. The number of hydrogen-bond donors (Lipinski definition) is 2. The van der Waals surface area contributed by atoms with Crippen molar-refractivity contribution in [2.24, 2.45) is 5.14 Å². The molecule has 1 saturated heterocycles. The second-order valence-electron chi connectivity index (χ2n) is 5.00. The van der Waals surface area contributed by atoms with Crippen molar-refractivity contribution in [3.8, 4) is 0 Å². The van der Waals surface area contributed by atoms with E-state index in [4.69, 9.17) is 5.14 Å². The van der Waals surface area contributed by atoms with Crippen LogP contribution in [-0.2, 0) is 10.0 Å². The van der Waals surface area contributed by atoms with Crippen LogP contribution < -0.4 is 10.0 Å². The number of rotatable bonds is 2. The van der Waals surface area contributed by atoms with E-state index in [0.29, 0.717) is 31.6 Å². The Hall–Kier alpha value is -1.11. The molecule has 6 heteroatoms. The largest absolute Gasteiger partial charge is 0.390 e. The molecule has 1 aromatic rings. The fourth-order valence-corrected chi connectivity index (χ4v) is 2.95. The van der Waals surface area contributed by atoms with E-state index in [0.717, 1.165) is 0 Å². The number of anilines is 1. The van der Waals surface area contributed by atoms with Gasteiger partial charge in [0.15, 0.2) is 0 Å². The Bertz CT molecular complexity index is 530. The highest BCUT2D eigenvalue weighted by atomic mass is 32.2. The minimum atomic E-state index is -3.72. The number of para-hydroxylation sites is 1. The summed E-state index contributed by atoms with van der Waals surface area (Å²) >= 11 is 0. The second kappa shape index (κ2) is 4.53. The molecule has 0 unspecified atom stereocenters. The third-order valence-electron chi connectivity index (χ3n) is 3.35. The molecule has 1 aliphatic rings. The maximum Gasteiger partial charge on any atom is 0.240 e. The molecule has 0 spiro atoms. The highest BCUT2D eigenvalue weighted by molar-refractivity contribution is 7.89. The monoisotopic (exact) mass is 270 g/mol. The molecule has 18 heavy (non-hydrogen) atoms. The number of sulfonamides is 1. The highest BCUT2D eigenvalue weighted by Crippen LogP contribution is 2.29. The van der Waals surface area contributed by atoms with Gasteiger partial charge in [0, 0.05) is 13.1 Å². The van der Waals surface area contributed by atoms with Gasteiger partial charge < -0.3 is 10.0 Å². The van der Waals surface area contributed by atoms with Crippen LogP contribution in [0, 0.1) is 0 Å². The molecular formula is C12H18N2O3S. The summed E-state index contributed by atoms with van der Waals surface area (Å²) in [5.74, 6) is 0. The van der Waals surface area contributed by atoms with Gasteiger partial charge >= 0.3 is 0 Å². The molecule has 1 fully saturated rings. The van der Waals surface area contributed by atoms with Crippen molar-refractivity contribution in [3.63, 3.8) is 0 Å². The van der Waals surface area contributed by atoms with Crippen LogP contribution in [0.3, 0.4) is 0 Å². The van der Waals surface area contributed by atoms with E-state index >= 15 is 0 Å². The van der Waals surface area contributed by atoms with Gasteiger partial charge in [-0.2, -0.15) is 0 Å². The Morgan fingerprint density at radius 3 is 2.39 bits per heavy atom. The molecule has 100 valence electrons. The average Bonchev–Trinajstić information content (AvgIpc) is 2.28. The lowest BCUT2D eigenvalue weighted by Crippen LogP contribution is -2.43. The maximum absolute atomic E-state index is 11.5. The van der Waals surface area contributed by atoms with Crippen LogP contribution in [0.15, 0.2) is 29.2 Å². The lowest BCUT2D eigenvalue weighted by Gasteiger charge is -2.37. The lowest BCUT2D eigenvalue weighted by atomic mass is 9.93. The van der Waals surface area contributed by atoms with Crippen LogP contribution in [0.25, 0.3) is 0 Å². The van der Waals surface area contributed by atoms with Crippen LogP contribution in [0.2, 0.25) is 0 Å². The van der Waals surface area contributed by atoms with Crippen molar-refractivity contribution < 1.29 is 13.5 Å². The first-order valence-corrected chi connectivity index (χ1v) is 7.43. The summed E-state index contributed by atoms with van der Waals surface area (Å²) in [5, 5.41) is 15.1. The summed E-state index contributed by atoms with van der Waals surface area (Å²) in [4.78, 5) is 2.10. The van der Waals surface area contributed by atoms with Crippen molar-refractivity contribution >= 4 is 15.7 Å². The Balaban J connectivity index is 2.30. The van der Waals surface area contributed by atoms with Crippen molar-refractivity contribution in [1.29, 1.82) is 0 Å². The van der Waals surface area contributed by atoms with Crippen molar-refractivity contribution in [1.82, 2.24) is 0 Å². The Labute approximate surface area is 107 Å². The van der Waals surface area contributed by atoms with Gasteiger partial charge in [-0.15, -0.1) is 0 Å². The lowest BCUT2D eigenvalue weighted by molar-refractivity contribution is 0.0350. The molecule has 0 radical (unpaired) electrons. The third-order valence-corrected chi connectivity index (χ3v) is 4.31. The fraction of sp³-hybridized carbons (Fsp3) is 0.500. The number of piperidine rings is 1. The molecule has 3 N–H and O–H groups in total. The van der Waals surface area contributed by atoms with E-state index < -0.39 is 15.6 Å². The van der Waals surface area contributed by atoms with Gasteiger partial charge in [0.05, 0.1) is 11.3 Å². The molecular weight excluding hydrogens is 252 g/mol. The first kappa shape index (κ1) is 13.3. The average molecular weight is 270 g/mol. The number of nitrogens with zero attached hydrogens (tertiary/aromatic N) is 1. The highest BCUT2D eigenvalue weighted by Gasteiger charge is 2.29. The maximum atomic E-state index is 11.5. The molecule has 5 nitrogen and oxygen atoms in total. The van der Waals surface area contributed by atoms with Gasteiger partial charge in [-0.1, -0.05) is 12.1 Å². The zero-order chi connectivity index (χ0) is 13.4. The first-order valence-electron chi connectivity index (χ1n) is 5.89. The predicted molar refractivity (Wildman–Crippen MR) is 69.9 cm³/mol. The topological polar surface area (TPSA) is 83.6 Å². The summed E-state index contributed by atoms with van der Waals surface area (Å²) < 4.78 is 23.1. The van der Waals surface area contributed by atoms with Gasteiger partial charge in [-0.25, -0.2) is 13.6 Å². The van der Waals surface area contributed by atoms with Gasteiger partial charge in [-0.05, 0) is 31.9 Å². The molecule has 0 aromatic heterocycles. The number of benzene rings is 1. The van der Waals surface area contributed by atoms with Crippen LogP contribution in [0.5, 0.6) is 0 Å². The van der Waals surface area contributed by atoms with Crippen LogP contribution in [0.4, 0.5) is 5.69 Å². The van der Waals surface area contributed by atoms with Crippen molar-refractivity contribution in [2.45, 2.75) is 30.3 Å². The summed E-state index contributed by atoms with van der Waals surface area (Å²) in [7, 11) is -3.72. The quantitative estimate of drug-likeness (QED) is 0.828. The molecule has 2 rings (SSSR count). The van der Waals surface area contributed by atoms with Crippen molar-refractivity contribution in [3.05, 3.63) is 24.3 Å². The van der Waals surface area contributed by atoms with Crippen LogP contribution >= 0.6 is 0 Å². The molecule has 0 atom stereocenters. The Kier molecular flexibility index (Phi) is 3.35. The molecule has 1 heterocycles. The second-order valence-corrected chi connectivity index (χ2v) is 6.53. The normalized spacial score (nSPS) is 19.8. The van der Waals surface area contributed by atoms with E-state index in [2.05, 4.69) is 0 Å². The van der Waals surface area contributed by atoms with E-state index in [1.807, 2.05) is 4.90 Å². The summed E-state index contributed by atoms with van der Waals surface area (Å²) in [6, 6.07) is 6.71. The van der Waals surface area contributed by atoms with Crippen LogP contribution in [0.1, 0.15) is 19.8 Å². The summed E-state index contributed by atoms with van der Waals surface area (Å²) in [6.07, 6.45) is 1.23. The summed E-state index contributed by atoms with van der Waals surface area (Å²) in [5.41, 5.74) is -0.0389. The number of nitrogens with two attached hydrogens (primary N) is 1. The molecule has 1 aliphatic heterocycles. The van der Waals surface area contributed by atoms with Gasteiger partial charge in [0.25, 0.3) is 0 Å². The van der Waals surface area contributed by atoms with Gasteiger partial charge in [0.1, 0.15) is 4.90 Å². The number of hydrogen-bond acceptors (Lipinski definition) is 4. The Morgan fingerprint density at radius 1 is 1.28 bits per heavy atom. The zero-order valence-electron chi connectivity index (χ0n) is 10.3. The molecule has 1 aromatic carbocycles. The van der Waals surface area contributed by atoms with E-state index in [1.54, 1.807) is 25.1 Å². The zero-order valence-corrected chi connectivity index (χ0v) is 11.2. The van der Waals surface area contributed by atoms with E-state index in [-0.39, 0.29) is 4.90 Å². The fourth-order valence-electron chi connectivity index (χ4n) is 2.19. The molecule has 0 saturated carbocycles. The molecule has 0 amide bonds. The first-order chi connectivity index (χ1) is 8.30. The minimum absolute atomic E-state index is 0.145. The smallest absolute Gasteiger partial charge is 0.240 e. The van der Waals surface area contributed by atoms with E-state index in [9.17, 15) is 13.5 Å².